The first-order chi connectivity index (χ1) is 10.2. The molecule has 1 aromatic rings. The van der Waals surface area contributed by atoms with E-state index >= 15 is 0 Å². The van der Waals surface area contributed by atoms with Crippen LogP contribution in [0.2, 0.25) is 0 Å². The molecule has 5 nitrogen and oxygen atoms in total. The van der Waals surface area contributed by atoms with Gasteiger partial charge in [0.2, 0.25) is 0 Å². The van der Waals surface area contributed by atoms with E-state index in [1.165, 1.54) is 0 Å². The molecule has 1 amide bonds. The molecule has 2 rings (SSSR count). The van der Waals surface area contributed by atoms with Crippen molar-refractivity contribution in [1.29, 1.82) is 0 Å². The van der Waals surface area contributed by atoms with Crippen LogP contribution in [-0.2, 0) is 4.74 Å². The van der Waals surface area contributed by atoms with Crippen LogP contribution in [0.4, 0.5) is 5.82 Å². The van der Waals surface area contributed by atoms with Crippen LogP contribution in [0.15, 0.2) is 18.3 Å². The second kappa shape index (κ2) is 7.41. The molecule has 0 bridgehead atoms. The normalized spacial score (nSPS) is 22.1. The second-order valence-corrected chi connectivity index (χ2v) is 5.49. The molecule has 0 spiro atoms. The fourth-order valence-corrected chi connectivity index (χ4v) is 2.55. The maximum Gasteiger partial charge on any atom is 0.258 e. The Hall–Kier alpha value is -1.62. The standard InChI is InChI=1S/C16H25N3O2/c1-4-8-17-15-14(7-6-9-18-15)16(20)19-10-12(3)21-11-13(19)5-2/h6-7,9,12-13H,4-5,8,10-11H2,1-3H3,(H,17,18). The molecule has 2 unspecified atom stereocenters. The van der Waals surface area contributed by atoms with Gasteiger partial charge in [-0.15, -0.1) is 0 Å². The maximum absolute atomic E-state index is 12.9. The molecule has 5 heteroatoms. The summed E-state index contributed by atoms with van der Waals surface area (Å²) >= 11 is 0. The average molecular weight is 291 g/mol. The second-order valence-electron chi connectivity index (χ2n) is 5.49. The molecule has 1 saturated heterocycles. The van der Waals surface area contributed by atoms with Crippen LogP contribution in [0.5, 0.6) is 0 Å². The molecule has 116 valence electrons. The van der Waals surface area contributed by atoms with Crippen molar-refractivity contribution in [1.82, 2.24) is 9.88 Å². The monoisotopic (exact) mass is 291 g/mol. The topological polar surface area (TPSA) is 54.5 Å². The minimum atomic E-state index is 0.0451. The van der Waals surface area contributed by atoms with Crippen molar-refractivity contribution in [3.63, 3.8) is 0 Å². The lowest BCUT2D eigenvalue weighted by atomic mass is 10.1. The lowest BCUT2D eigenvalue weighted by molar-refractivity contribution is -0.0443. The van der Waals surface area contributed by atoms with E-state index in [-0.39, 0.29) is 18.1 Å². The van der Waals surface area contributed by atoms with Crippen LogP contribution in [0.25, 0.3) is 0 Å². The van der Waals surface area contributed by atoms with Gasteiger partial charge >= 0.3 is 0 Å². The lowest BCUT2D eigenvalue weighted by Gasteiger charge is -2.38. The number of anilines is 1. The van der Waals surface area contributed by atoms with E-state index in [2.05, 4.69) is 24.1 Å². The Bertz CT molecular complexity index is 478. The third kappa shape index (κ3) is 3.73. The number of rotatable bonds is 5. The van der Waals surface area contributed by atoms with Gasteiger partial charge in [0.1, 0.15) is 5.82 Å². The number of amides is 1. The molecule has 1 fully saturated rings. The summed E-state index contributed by atoms with van der Waals surface area (Å²) in [7, 11) is 0. The van der Waals surface area contributed by atoms with Crippen LogP contribution in [0.3, 0.4) is 0 Å². The smallest absolute Gasteiger partial charge is 0.258 e. The van der Waals surface area contributed by atoms with Gasteiger partial charge in [0.15, 0.2) is 0 Å². The molecular formula is C16H25N3O2. The highest BCUT2D eigenvalue weighted by atomic mass is 16.5. The highest BCUT2D eigenvalue weighted by Crippen LogP contribution is 2.21. The highest BCUT2D eigenvalue weighted by Gasteiger charge is 2.31. The fourth-order valence-electron chi connectivity index (χ4n) is 2.55. The lowest BCUT2D eigenvalue weighted by Crippen LogP contribution is -2.51. The summed E-state index contributed by atoms with van der Waals surface area (Å²) in [5, 5.41) is 3.24. The van der Waals surface area contributed by atoms with E-state index in [4.69, 9.17) is 4.74 Å². The Balaban J connectivity index is 2.21. The molecule has 0 aromatic carbocycles. The predicted octanol–water partition coefficient (Wildman–Crippen LogP) is 2.54. The van der Waals surface area contributed by atoms with E-state index in [1.54, 1.807) is 6.20 Å². The summed E-state index contributed by atoms with van der Waals surface area (Å²) in [5.41, 5.74) is 0.651. The third-order valence-electron chi connectivity index (χ3n) is 3.78. The molecule has 2 atom stereocenters. The SMILES string of the molecule is CCCNc1ncccc1C(=O)N1CC(C)OCC1CC. The first-order valence-corrected chi connectivity index (χ1v) is 7.78. The zero-order valence-electron chi connectivity index (χ0n) is 13.1. The van der Waals surface area contributed by atoms with Crippen molar-refractivity contribution in [3.05, 3.63) is 23.9 Å². The number of hydrogen-bond acceptors (Lipinski definition) is 4. The van der Waals surface area contributed by atoms with Gasteiger partial charge in [-0.25, -0.2) is 4.98 Å². The Morgan fingerprint density at radius 2 is 2.33 bits per heavy atom. The Morgan fingerprint density at radius 3 is 3.05 bits per heavy atom. The quantitative estimate of drug-likeness (QED) is 0.906. The number of nitrogens with zero attached hydrogens (tertiary/aromatic N) is 2. The van der Waals surface area contributed by atoms with Gasteiger partial charge in [-0.1, -0.05) is 13.8 Å². The van der Waals surface area contributed by atoms with Crippen LogP contribution >= 0.6 is 0 Å². The van der Waals surface area contributed by atoms with E-state index in [9.17, 15) is 4.79 Å². The van der Waals surface area contributed by atoms with E-state index in [1.807, 2.05) is 24.0 Å². The molecule has 2 heterocycles. The minimum absolute atomic E-state index is 0.0451. The Morgan fingerprint density at radius 1 is 1.52 bits per heavy atom. The van der Waals surface area contributed by atoms with Crippen LogP contribution in [-0.4, -0.2) is 47.6 Å². The van der Waals surface area contributed by atoms with Gasteiger partial charge in [0.05, 0.1) is 24.3 Å². The molecule has 0 saturated carbocycles. The van der Waals surface area contributed by atoms with Gasteiger partial charge in [0.25, 0.3) is 5.91 Å². The summed E-state index contributed by atoms with van der Waals surface area (Å²) in [6, 6.07) is 3.81. The fraction of sp³-hybridized carbons (Fsp3) is 0.625. The van der Waals surface area contributed by atoms with Gasteiger partial charge in [0, 0.05) is 19.3 Å². The molecule has 1 aliphatic rings. The Kier molecular flexibility index (Phi) is 5.56. The number of pyridine rings is 1. The highest BCUT2D eigenvalue weighted by molar-refractivity contribution is 5.99. The first-order valence-electron chi connectivity index (χ1n) is 7.78. The van der Waals surface area contributed by atoms with E-state index in [0.717, 1.165) is 19.4 Å². The Labute approximate surface area is 126 Å². The third-order valence-corrected chi connectivity index (χ3v) is 3.78. The van der Waals surface area contributed by atoms with Crippen LogP contribution in [0.1, 0.15) is 44.0 Å². The first kappa shape index (κ1) is 15.8. The van der Waals surface area contributed by atoms with Crippen molar-refractivity contribution in [3.8, 4) is 0 Å². The zero-order chi connectivity index (χ0) is 15.2. The van der Waals surface area contributed by atoms with Gasteiger partial charge in [-0.2, -0.15) is 0 Å². The molecule has 1 aromatic heterocycles. The summed E-state index contributed by atoms with van der Waals surface area (Å²) in [6.07, 6.45) is 3.70. The van der Waals surface area contributed by atoms with Gasteiger partial charge in [-0.05, 0) is 31.9 Å². The molecule has 21 heavy (non-hydrogen) atoms. The number of nitrogens with one attached hydrogen (secondary N) is 1. The van der Waals surface area contributed by atoms with Crippen molar-refractivity contribution in [2.45, 2.75) is 45.8 Å². The molecule has 0 radical (unpaired) electrons. The number of ether oxygens (including phenoxy) is 1. The molecule has 1 N–H and O–H groups in total. The van der Waals surface area contributed by atoms with E-state index in [0.29, 0.717) is 24.5 Å². The van der Waals surface area contributed by atoms with Gasteiger partial charge < -0.3 is 15.0 Å². The van der Waals surface area contributed by atoms with Crippen molar-refractivity contribution < 1.29 is 9.53 Å². The zero-order valence-corrected chi connectivity index (χ0v) is 13.1. The number of carbonyl (C=O) groups is 1. The van der Waals surface area contributed by atoms with E-state index < -0.39 is 0 Å². The predicted molar refractivity (Wildman–Crippen MR) is 83.5 cm³/mol. The molecular weight excluding hydrogens is 266 g/mol. The molecule has 0 aliphatic carbocycles. The average Bonchev–Trinajstić information content (AvgIpc) is 2.52. The summed E-state index contributed by atoms with van der Waals surface area (Å²) in [5.74, 6) is 0.724. The molecule has 1 aliphatic heterocycles. The largest absolute Gasteiger partial charge is 0.375 e. The number of hydrogen-bond donors (Lipinski definition) is 1. The van der Waals surface area contributed by atoms with Crippen LogP contribution < -0.4 is 5.32 Å². The summed E-state index contributed by atoms with van der Waals surface area (Å²) in [4.78, 5) is 19.1. The van der Waals surface area contributed by atoms with Gasteiger partial charge in [-0.3, -0.25) is 4.79 Å². The minimum Gasteiger partial charge on any atom is -0.375 e. The van der Waals surface area contributed by atoms with Crippen molar-refractivity contribution in [2.24, 2.45) is 0 Å². The number of carbonyl (C=O) groups excluding carboxylic acids is 1. The number of morpholine rings is 1. The van der Waals surface area contributed by atoms with Crippen LogP contribution in [0, 0.1) is 0 Å². The van der Waals surface area contributed by atoms with Crippen molar-refractivity contribution in [2.75, 3.05) is 25.0 Å². The number of aromatic nitrogens is 1. The summed E-state index contributed by atoms with van der Waals surface area (Å²) in [6.45, 7) is 8.25. The maximum atomic E-state index is 12.9. The summed E-state index contributed by atoms with van der Waals surface area (Å²) < 4.78 is 5.67. The van der Waals surface area contributed by atoms with Crippen molar-refractivity contribution >= 4 is 11.7 Å².